The van der Waals surface area contributed by atoms with E-state index in [-0.39, 0.29) is 18.3 Å². The predicted molar refractivity (Wildman–Crippen MR) is 106 cm³/mol. The van der Waals surface area contributed by atoms with Crippen molar-refractivity contribution in [2.75, 3.05) is 5.32 Å². The Hall–Kier alpha value is -3.65. The van der Waals surface area contributed by atoms with Gasteiger partial charge < -0.3 is 10.4 Å². The van der Waals surface area contributed by atoms with E-state index >= 15 is 0 Å². The number of hydrogen-bond donors (Lipinski definition) is 2. The number of hydrogen-bond acceptors (Lipinski definition) is 5. The van der Waals surface area contributed by atoms with Gasteiger partial charge in [0.05, 0.1) is 29.4 Å². The molecule has 0 spiro atoms. The molecule has 29 heavy (non-hydrogen) atoms. The van der Waals surface area contributed by atoms with Crippen LogP contribution in [0.2, 0.25) is 0 Å². The molecule has 4 aromatic rings. The number of carbonyl (C=O) groups is 1. The third-order valence-corrected chi connectivity index (χ3v) is 4.59. The van der Waals surface area contributed by atoms with Crippen LogP contribution in [0.25, 0.3) is 10.9 Å². The number of carbonyl (C=O) groups excluding carboxylic acids is 1. The SMILES string of the molecule is Cc1nc2ccc(F)cc2cc1C(=O)Nc1ccc([C@@H](O)Cn2cncn2)cc1. The summed E-state index contributed by atoms with van der Waals surface area (Å²) in [4.78, 5) is 20.9. The fourth-order valence-electron chi connectivity index (χ4n) is 3.07. The second kappa shape index (κ2) is 7.76. The third-order valence-electron chi connectivity index (χ3n) is 4.59. The number of pyridine rings is 1. The van der Waals surface area contributed by atoms with Gasteiger partial charge in [0.15, 0.2) is 0 Å². The Balaban J connectivity index is 1.49. The summed E-state index contributed by atoms with van der Waals surface area (Å²) in [5.41, 5.74) is 2.83. The first-order chi connectivity index (χ1) is 14.0. The predicted octanol–water partition coefficient (Wildman–Crippen LogP) is 3.26. The number of anilines is 1. The zero-order chi connectivity index (χ0) is 20.4. The molecule has 8 heteroatoms. The second-order valence-electron chi connectivity index (χ2n) is 6.67. The Kier molecular flexibility index (Phi) is 5.01. The van der Waals surface area contributed by atoms with E-state index in [1.54, 1.807) is 48.0 Å². The van der Waals surface area contributed by atoms with Crippen LogP contribution in [0.15, 0.2) is 61.2 Å². The molecule has 2 N–H and O–H groups in total. The van der Waals surface area contributed by atoms with Gasteiger partial charge in [-0.05, 0) is 48.9 Å². The Morgan fingerprint density at radius 1 is 1.21 bits per heavy atom. The number of aryl methyl sites for hydroxylation is 1. The van der Waals surface area contributed by atoms with Gasteiger partial charge in [0.1, 0.15) is 18.5 Å². The number of nitrogens with one attached hydrogen (secondary N) is 1. The minimum absolute atomic E-state index is 0.282. The molecule has 0 fully saturated rings. The third kappa shape index (κ3) is 4.12. The quantitative estimate of drug-likeness (QED) is 0.545. The summed E-state index contributed by atoms with van der Waals surface area (Å²) < 4.78 is 15.0. The summed E-state index contributed by atoms with van der Waals surface area (Å²) >= 11 is 0. The Morgan fingerprint density at radius 3 is 2.72 bits per heavy atom. The maximum Gasteiger partial charge on any atom is 0.257 e. The molecule has 0 radical (unpaired) electrons. The fourth-order valence-corrected chi connectivity index (χ4v) is 3.07. The summed E-state index contributed by atoms with van der Waals surface area (Å²) in [6.45, 7) is 2.02. The van der Waals surface area contributed by atoms with Crippen LogP contribution in [0.4, 0.5) is 10.1 Å². The van der Waals surface area contributed by atoms with E-state index in [0.29, 0.717) is 33.4 Å². The van der Waals surface area contributed by atoms with Crippen molar-refractivity contribution in [3.05, 3.63) is 83.8 Å². The summed E-state index contributed by atoms with van der Waals surface area (Å²) in [5, 5.41) is 17.6. The molecule has 0 aliphatic heterocycles. The van der Waals surface area contributed by atoms with Crippen LogP contribution in [0, 0.1) is 12.7 Å². The average Bonchev–Trinajstić information content (AvgIpc) is 3.21. The Morgan fingerprint density at radius 2 is 2.00 bits per heavy atom. The van der Waals surface area contributed by atoms with Crippen molar-refractivity contribution in [2.24, 2.45) is 0 Å². The van der Waals surface area contributed by atoms with E-state index < -0.39 is 6.10 Å². The molecule has 146 valence electrons. The summed E-state index contributed by atoms with van der Waals surface area (Å²) in [6.07, 6.45) is 2.19. The molecule has 0 unspecified atom stereocenters. The van der Waals surface area contributed by atoms with Crippen LogP contribution >= 0.6 is 0 Å². The first kappa shape index (κ1) is 18.7. The van der Waals surface area contributed by atoms with Crippen molar-refractivity contribution in [3.8, 4) is 0 Å². The number of aromatic nitrogens is 4. The van der Waals surface area contributed by atoms with Crippen LogP contribution in [-0.4, -0.2) is 30.8 Å². The number of nitrogens with zero attached hydrogens (tertiary/aromatic N) is 4. The molecular weight excluding hydrogens is 373 g/mol. The monoisotopic (exact) mass is 391 g/mol. The molecule has 0 saturated carbocycles. The number of halogens is 1. The molecule has 0 bridgehead atoms. The van der Waals surface area contributed by atoms with Gasteiger partial charge in [0.2, 0.25) is 0 Å². The average molecular weight is 391 g/mol. The normalized spacial score (nSPS) is 12.1. The summed E-state index contributed by atoms with van der Waals surface area (Å²) in [5.74, 6) is -0.716. The van der Waals surface area contributed by atoms with Gasteiger partial charge in [-0.1, -0.05) is 12.1 Å². The van der Waals surface area contributed by atoms with Crippen LogP contribution in [0.1, 0.15) is 27.7 Å². The van der Waals surface area contributed by atoms with Crippen molar-refractivity contribution in [2.45, 2.75) is 19.6 Å². The number of amides is 1. The first-order valence-corrected chi connectivity index (χ1v) is 8.98. The number of benzene rings is 2. The zero-order valence-electron chi connectivity index (χ0n) is 15.6. The highest BCUT2D eigenvalue weighted by atomic mass is 19.1. The van der Waals surface area contributed by atoms with Crippen LogP contribution in [0.3, 0.4) is 0 Å². The summed E-state index contributed by atoms with van der Waals surface area (Å²) in [6, 6.07) is 12.8. The minimum Gasteiger partial charge on any atom is -0.386 e. The van der Waals surface area contributed by atoms with Crippen molar-refractivity contribution in [3.63, 3.8) is 0 Å². The van der Waals surface area contributed by atoms with Crippen LogP contribution in [-0.2, 0) is 6.54 Å². The fraction of sp³-hybridized carbons (Fsp3) is 0.143. The van der Waals surface area contributed by atoms with Crippen molar-refractivity contribution in [1.82, 2.24) is 19.7 Å². The molecule has 0 aliphatic carbocycles. The standard InChI is InChI=1S/C21H18FN5O2/c1-13-18(9-15-8-16(22)4-7-19(15)25-13)21(29)26-17-5-2-14(3-6-17)20(28)10-27-12-23-11-24-27/h2-9,11-12,20,28H,10H2,1H3,(H,26,29)/t20-/m0/s1. The van der Waals surface area contributed by atoms with Crippen molar-refractivity contribution < 1.29 is 14.3 Å². The molecule has 4 rings (SSSR count). The number of aliphatic hydroxyl groups excluding tert-OH is 1. The number of aliphatic hydroxyl groups is 1. The Labute approximate surface area is 165 Å². The molecule has 7 nitrogen and oxygen atoms in total. The van der Waals surface area contributed by atoms with Crippen molar-refractivity contribution >= 4 is 22.5 Å². The number of rotatable bonds is 5. The maximum absolute atomic E-state index is 13.5. The maximum atomic E-state index is 13.5. The molecule has 2 aromatic heterocycles. The zero-order valence-corrected chi connectivity index (χ0v) is 15.6. The molecule has 0 saturated heterocycles. The van der Waals surface area contributed by atoms with Gasteiger partial charge in [0, 0.05) is 11.1 Å². The molecule has 2 heterocycles. The lowest BCUT2D eigenvalue weighted by Crippen LogP contribution is -2.14. The van der Waals surface area contributed by atoms with E-state index in [1.807, 2.05) is 0 Å². The molecular formula is C21H18FN5O2. The molecule has 1 atom stereocenters. The highest BCUT2D eigenvalue weighted by Crippen LogP contribution is 2.21. The van der Waals surface area contributed by atoms with Gasteiger partial charge >= 0.3 is 0 Å². The van der Waals surface area contributed by atoms with E-state index in [4.69, 9.17) is 0 Å². The summed E-state index contributed by atoms with van der Waals surface area (Å²) in [7, 11) is 0. The van der Waals surface area contributed by atoms with E-state index in [0.717, 1.165) is 0 Å². The smallest absolute Gasteiger partial charge is 0.257 e. The lowest BCUT2D eigenvalue weighted by atomic mass is 10.1. The van der Waals surface area contributed by atoms with E-state index in [9.17, 15) is 14.3 Å². The lowest BCUT2D eigenvalue weighted by Gasteiger charge is -2.12. The van der Waals surface area contributed by atoms with Gasteiger partial charge in [-0.15, -0.1) is 0 Å². The van der Waals surface area contributed by atoms with Gasteiger partial charge in [-0.3, -0.25) is 14.5 Å². The first-order valence-electron chi connectivity index (χ1n) is 8.98. The minimum atomic E-state index is -0.747. The van der Waals surface area contributed by atoms with Gasteiger partial charge in [-0.25, -0.2) is 9.37 Å². The molecule has 0 aliphatic rings. The van der Waals surface area contributed by atoms with Crippen LogP contribution < -0.4 is 5.32 Å². The van der Waals surface area contributed by atoms with Gasteiger partial charge in [-0.2, -0.15) is 5.10 Å². The second-order valence-corrected chi connectivity index (χ2v) is 6.67. The van der Waals surface area contributed by atoms with Crippen molar-refractivity contribution in [1.29, 1.82) is 0 Å². The highest BCUT2D eigenvalue weighted by Gasteiger charge is 2.14. The number of fused-ring (bicyclic) bond motifs is 1. The molecule has 2 aromatic carbocycles. The van der Waals surface area contributed by atoms with E-state index in [1.165, 1.54) is 24.8 Å². The van der Waals surface area contributed by atoms with Crippen LogP contribution in [0.5, 0.6) is 0 Å². The topological polar surface area (TPSA) is 92.9 Å². The lowest BCUT2D eigenvalue weighted by molar-refractivity contribution is 0.102. The van der Waals surface area contributed by atoms with Gasteiger partial charge in [0.25, 0.3) is 5.91 Å². The largest absolute Gasteiger partial charge is 0.386 e. The Bertz CT molecular complexity index is 1160. The highest BCUT2D eigenvalue weighted by molar-refractivity contribution is 6.06. The molecule has 1 amide bonds. The van der Waals surface area contributed by atoms with E-state index in [2.05, 4.69) is 20.4 Å².